The van der Waals surface area contributed by atoms with Crippen LogP contribution in [0, 0.1) is 0 Å². The van der Waals surface area contributed by atoms with Gasteiger partial charge in [-0.3, -0.25) is 4.55 Å². The van der Waals surface area contributed by atoms with Crippen molar-refractivity contribution in [3.05, 3.63) is 42.0 Å². The Balaban J connectivity index is 2.74. The second-order valence-electron chi connectivity index (χ2n) is 3.94. The smallest absolute Gasteiger partial charge is 0.282 e. The predicted molar refractivity (Wildman–Crippen MR) is 75.7 cm³/mol. The van der Waals surface area contributed by atoms with Crippen LogP contribution in [-0.2, 0) is 16.5 Å². The summed E-state index contributed by atoms with van der Waals surface area (Å²) >= 11 is 4.77. The molecule has 0 spiro atoms. The molecule has 0 aliphatic heterocycles. The Labute approximate surface area is 111 Å². The molecule has 0 unspecified atom stereocenters. The van der Waals surface area contributed by atoms with E-state index in [1.54, 1.807) is 11.4 Å². The third-order valence-corrected chi connectivity index (χ3v) is 3.96. The molecule has 3 nitrogen and oxygen atoms in total. The highest BCUT2D eigenvalue weighted by Gasteiger charge is 2.17. The van der Waals surface area contributed by atoms with Gasteiger partial charge < -0.3 is 0 Å². The number of benzene rings is 2. The summed E-state index contributed by atoms with van der Waals surface area (Å²) in [4.78, 5) is -0.0296. The lowest BCUT2D eigenvalue weighted by Gasteiger charge is -2.10. The van der Waals surface area contributed by atoms with Crippen LogP contribution in [0.25, 0.3) is 10.8 Å². The summed E-state index contributed by atoms with van der Waals surface area (Å²) in [6, 6.07) is 10.6. The molecule has 2 rings (SSSR count). The highest BCUT2D eigenvalue weighted by Crippen LogP contribution is 2.26. The standard InChI is InChI=1S/C13H12O3S2/c14-18(15,16)13-8-7-10-4-1-2-5-11(10)12(13)6-3-9-17/h1-2,4-5,7-9H,3,6H2,(H,14,15,16). The van der Waals surface area contributed by atoms with Crippen molar-refractivity contribution in [2.24, 2.45) is 0 Å². The number of thiocarbonyl (C=S) groups is 1. The van der Waals surface area contributed by atoms with Crippen molar-refractivity contribution >= 4 is 38.5 Å². The van der Waals surface area contributed by atoms with Crippen LogP contribution in [0.3, 0.4) is 0 Å². The van der Waals surface area contributed by atoms with E-state index in [1.807, 2.05) is 24.3 Å². The number of rotatable bonds is 4. The van der Waals surface area contributed by atoms with Gasteiger partial charge in [-0.25, -0.2) is 0 Å². The molecule has 0 aliphatic rings. The van der Waals surface area contributed by atoms with Gasteiger partial charge >= 0.3 is 0 Å². The van der Waals surface area contributed by atoms with E-state index in [1.165, 1.54) is 6.07 Å². The molecule has 0 fully saturated rings. The average molecular weight is 280 g/mol. The Morgan fingerprint density at radius 1 is 1.17 bits per heavy atom. The molecule has 0 aliphatic carbocycles. The van der Waals surface area contributed by atoms with Gasteiger partial charge in [-0.15, -0.1) is 0 Å². The fourth-order valence-electron chi connectivity index (χ4n) is 2.02. The van der Waals surface area contributed by atoms with Gasteiger partial charge in [0.2, 0.25) is 0 Å². The molecule has 1 N–H and O–H groups in total. The van der Waals surface area contributed by atoms with E-state index in [9.17, 15) is 13.0 Å². The first-order chi connectivity index (χ1) is 8.54. The van der Waals surface area contributed by atoms with E-state index in [0.29, 0.717) is 18.4 Å². The van der Waals surface area contributed by atoms with Gasteiger partial charge in [-0.1, -0.05) is 42.5 Å². The first kappa shape index (κ1) is 13.1. The Morgan fingerprint density at radius 3 is 2.56 bits per heavy atom. The first-order valence-corrected chi connectivity index (χ1v) is 7.37. The van der Waals surface area contributed by atoms with Crippen molar-refractivity contribution in [1.82, 2.24) is 0 Å². The van der Waals surface area contributed by atoms with Crippen LogP contribution in [-0.4, -0.2) is 18.3 Å². The Morgan fingerprint density at radius 2 is 1.89 bits per heavy atom. The number of aryl methyl sites for hydroxylation is 1. The monoisotopic (exact) mass is 280 g/mol. The molecule has 2 aromatic rings. The van der Waals surface area contributed by atoms with Crippen LogP contribution in [0.4, 0.5) is 0 Å². The summed E-state index contributed by atoms with van der Waals surface area (Å²) < 4.78 is 32.0. The summed E-state index contributed by atoms with van der Waals surface area (Å²) in [7, 11) is -4.20. The molecular formula is C13H12O3S2. The zero-order valence-corrected chi connectivity index (χ0v) is 11.2. The van der Waals surface area contributed by atoms with Crippen molar-refractivity contribution in [2.75, 3.05) is 0 Å². The molecule has 0 atom stereocenters. The van der Waals surface area contributed by atoms with Gasteiger partial charge in [0, 0.05) is 0 Å². The highest BCUT2D eigenvalue weighted by atomic mass is 32.2. The molecule has 0 heterocycles. The van der Waals surface area contributed by atoms with Crippen LogP contribution in [0.5, 0.6) is 0 Å². The molecule has 0 amide bonds. The molecule has 94 valence electrons. The van der Waals surface area contributed by atoms with Gasteiger partial charge in [0.15, 0.2) is 0 Å². The molecule has 2 aromatic carbocycles. The maximum Gasteiger partial charge on any atom is 0.294 e. The van der Waals surface area contributed by atoms with Crippen molar-refractivity contribution in [3.8, 4) is 0 Å². The molecule has 0 radical (unpaired) electrons. The number of hydrogen-bond acceptors (Lipinski definition) is 3. The van der Waals surface area contributed by atoms with Crippen LogP contribution in [0.2, 0.25) is 0 Å². The first-order valence-electron chi connectivity index (χ1n) is 5.46. The third-order valence-electron chi connectivity index (χ3n) is 2.79. The topological polar surface area (TPSA) is 54.4 Å². The maximum atomic E-state index is 11.4. The van der Waals surface area contributed by atoms with Gasteiger partial charge in [0.05, 0.1) is 4.90 Å². The summed E-state index contributed by atoms with van der Waals surface area (Å²) in [5, 5.41) is 3.35. The zero-order chi connectivity index (χ0) is 13.2. The van der Waals surface area contributed by atoms with Crippen molar-refractivity contribution in [3.63, 3.8) is 0 Å². The van der Waals surface area contributed by atoms with Gasteiger partial charge in [0.1, 0.15) is 0 Å². The second-order valence-corrected chi connectivity index (χ2v) is 5.67. The molecule has 18 heavy (non-hydrogen) atoms. The van der Waals surface area contributed by atoms with Crippen LogP contribution in [0.15, 0.2) is 41.3 Å². The molecule has 0 saturated carbocycles. The van der Waals surface area contributed by atoms with Crippen LogP contribution in [0.1, 0.15) is 12.0 Å². The largest absolute Gasteiger partial charge is 0.294 e. The molecular weight excluding hydrogens is 268 g/mol. The summed E-state index contributed by atoms with van der Waals surface area (Å²) in [6.45, 7) is 0. The molecule has 0 bridgehead atoms. The Bertz CT molecular complexity index is 690. The van der Waals surface area contributed by atoms with E-state index in [-0.39, 0.29) is 4.90 Å². The zero-order valence-electron chi connectivity index (χ0n) is 9.54. The van der Waals surface area contributed by atoms with Crippen LogP contribution < -0.4 is 0 Å². The Hall–Kier alpha value is -1.30. The minimum absolute atomic E-state index is 0.0296. The van der Waals surface area contributed by atoms with Crippen LogP contribution >= 0.6 is 12.2 Å². The van der Waals surface area contributed by atoms with E-state index in [0.717, 1.165) is 10.8 Å². The average Bonchev–Trinajstić information content (AvgIpc) is 2.34. The van der Waals surface area contributed by atoms with Gasteiger partial charge in [-0.05, 0) is 40.6 Å². The fourth-order valence-corrected chi connectivity index (χ4v) is 2.90. The van der Waals surface area contributed by atoms with Crippen molar-refractivity contribution in [1.29, 1.82) is 0 Å². The van der Waals surface area contributed by atoms with E-state index < -0.39 is 10.1 Å². The number of fused-ring (bicyclic) bond motifs is 1. The lowest BCUT2D eigenvalue weighted by molar-refractivity contribution is 0.482. The minimum Gasteiger partial charge on any atom is -0.282 e. The lowest BCUT2D eigenvalue weighted by Crippen LogP contribution is -2.04. The fraction of sp³-hybridized carbons (Fsp3) is 0.154. The second kappa shape index (κ2) is 5.14. The van der Waals surface area contributed by atoms with E-state index in [2.05, 4.69) is 0 Å². The quantitative estimate of drug-likeness (QED) is 0.691. The molecule has 0 aromatic heterocycles. The SMILES string of the molecule is O=S(=O)(O)c1ccc2ccccc2c1CCC=S. The lowest BCUT2D eigenvalue weighted by atomic mass is 10.0. The molecule has 0 saturated heterocycles. The summed E-state index contributed by atoms with van der Waals surface area (Å²) in [6.07, 6.45) is 1.09. The third kappa shape index (κ3) is 2.58. The molecule has 5 heteroatoms. The van der Waals surface area contributed by atoms with Crippen molar-refractivity contribution in [2.45, 2.75) is 17.7 Å². The van der Waals surface area contributed by atoms with Crippen molar-refractivity contribution < 1.29 is 13.0 Å². The summed E-state index contributed by atoms with van der Waals surface area (Å²) in [5.74, 6) is 0. The number of hydrogen-bond donors (Lipinski definition) is 1. The van der Waals surface area contributed by atoms with E-state index >= 15 is 0 Å². The highest BCUT2D eigenvalue weighted by molar-refractivity contribution is 7.85. The normalized spacial score (nSPS) is 11.6. The Kier molecular flexibility index (Phi) is 3.75. The van der Waals surface area contributed by atoms with E-state index in [4.69, 9.17) is 12.2 Å². The maximum absolute atomic E-state index is 11.4. The van der Waals surface area contributed by atoms with Gasteiger partial charge in [-0.2, -0.15) is 8.42 Å². The minimum atomic E-state index is -4.20. The summed E-state index contributed by atoms with van der Waals surface area (Å²) in [5.41, 5.74) is 0.622. The van der Waals surface area contributed by atoms with Gasteiger partial charge in [0.25, 0.3) is 10.1 Å². The predicted octanol–water partition coefficient (Wildman–Crippen LogP) is 3.02.